The summed E-state index contributed by atoms with van der Waals surface area (Å²) in [5, 5.41) is 1.11. The molecule has 0 radical (unpaired) electrons. The monoisotopic (exact) mass is 283 g/mol. The summed E-state index contributed by atoms with van der Waals surface area (Å²) in [6.07, 6.45) is 4.55. The molecule has 0 saturated heterocycles. The van der Waals surface area contributed by atoms with E-state index >= 15 is 0 Å². The van der Waals surface area contributed by atoms with Crippen molar-refractivity contribution in [1.29, 1.82) is 0 Å². The van der Waals surface area contributed by atoms with Crippen LogP contribution in [0.4, 0.5) is 5.69 Å². The van der Waals surface area contributed by atoms with Crippen molar-refractivity contribution in [1.82, 2.24) is 0 Å². The van der Waals surface area contributed by atoms with Gasteiger partial charge in [-0.05, 0) is 49.3 Å². The summed E-state index contributed by atoms with van der Waals surface area (Å²) in [7, 11) is 0. The molecule has 4 rings (SSSR count). The molecule has 1 aromatic heterocycles. The van der Waals surface area contributed by atoms with Gasteiger partial charge in [0.05, 0.1) is 0 Å². The fourth-order valence-electron chi connectivity index (χ4n) is 3.86. The van der Waals surface area contributed by atoms with Crippen LogP contribution in [0, 0.1) is 0 Å². The van der Waals surface area contributed by atoms with E-state index in [-0.39, 0.29) is 11.5 Å². The Bertz CT molecular complexity index is 771. The number of anilines is 1. The number of benzene rings is 1. The lowest BCUT2D eigenvalue weighted by atomic mass is 9.89. The Hall–Kier alpha value is -1.77. The van der Waals surface area contributed by atoms with E-state index < -0.39 is 0 Å². The lowest BCUT2D eigenvalue weighted by molar-refractivity contribution is 0.535. The first kappa shape index (κ1) is 12.9. The minimum atomic E-state index is -0.165. The first-order chi connectivity index (χ1) is 10.1. The van der Waals surface area contributed by atoms with E-state index in [1.165, 1.54) is 23.2 Å². The summed E-state index contributed by atoms with van der Waals surface area (Å²) in [6.45, 7) is 6.37. The van der Waals surface area contributed by atoms with E-state index in [0.29, 0.717) is 0 Å². The third kappa shape index (κ3) is 1.90. The van der Waals surface area contributed by atoms with Crippen molar-refractivity contribution in [3.8, 4) is 0 Å². The normalized spacial score (nSPS) is 17.4. The lowest BCUT2D eigenvalue weighted by Gasteiger charge is -2.37. The number of hydrogen-bond acceptors (Lipinski definition) is 3. The SMILES string of the molecule is CC(C)c1cc2cc3c4c(c2oc1=O)CCCN4CCC3. The molecule has 0 spiro atoms. The fraction of sp³-hybridized carbons (Fsp3) is 0.500. The number of fused-ring (bicyclic) bond motifs is 2. The molecule has 2 aliphatic heterocycles. The van der Waals surface area contributed by atoms with Gasteiger partial charge in [-0.1, -0.05) is 13.8 Å². The van der Waals surface area contributed by atoms with Crippen LogP contribution in [-0.4, -0.2) is 13.1 Å². The summed E-state index contributed by atoms with van der Waals surface area (Å²) in [4.78, 5) is 14.7. The Morgan fingerprint density at radius 2 is 1.90 bits per heavy atom. The molecule has 0 fully saturated rings. The van der Waals surface area contributed by atoms with Gasteiger partial charge in [0, 0.05) is 35.3 Å². The third-order valence-electron chi connectivity index (χ3n) is 4.86. The van der Waals surface area contributed by atoms with Crippen LogP contribution in [-0.2, 0) is 12.8 Å². The zero-order valence-electron chi connectivity index (χ0n) is 12.7. The molecule has 2 aliphatic rings. The van der Waals surface area contributed by atoms with E-state index in [2.05, 4.69) is 17.0 Å². The Morgan fingerprint density at radius 1 is 1.14 bits per heavy atom. The third-order valence-corrected chi connectivity index (χ3v) is 4.86. The van der Waals surface area contributed by atoms with Gasteiger partial charge in [-0.25, -0.2) is 4.79 Å². The number of hydrogen-bond donors (Lipinski definition) is 0. The minimum absolute atomic E-state index is 0.165. The Balaban J connectivity index is 2.05. The van der Waals surface area contributed by atoms with Gasteiger partial charge in [0.15, 0.2) is 0 Å². The molecule has 3 heteroatoms. The summed E-state index contributed by atoms with van der Waals surface area (Å²) >= 11 is 0. The summed E-state index contributed by atoms with van der Waals surface area (Å²) in [6, 6.07) is 4.30. The van der Waals surface area contributed by atoms with Crippen molar-refractivity contribution in [3.05, 3.63) is 39.2 Å². The molecule has 0 saturated carbocycles. The molecule has 3 nitrogen and oxygen atoms in total. The molecule has 0 atom stereocenters. The van der Waals surface area contributed by atoms with Crippen LogP contribution in [0.3, 0.4) is 0 Å². The standard InChI is InChI=1S/C18H21NO2/c1-11(2)15-10-13-9-12-5-3-7-19-8-4-6-14(16(12)19)17(13)21-18(15)20/h9-11H,3-8H2,1-2H3. The van der Waals surface area contributed by atoms with Crippen molar-refractivity contribution in [3.63, 3.8) is 0 Å². The topological polar surface area (TPSA) is 33.5 Å². The van der Waals surface area contributed by atoms with Crippen LogP contribution in [0.25, 0.3) is 11.0 Å². The van der Waals surface area contributed by atoms with Crippen molar-refractivity contribution >= 4 is 16.7 Å². The van der Waals surface area contributed by atoms with E-state index in [4.69, 9.17) is 4.42 Å². The maximum atomic E-state index is 12.2. The first-order valence-corrected chi connectivity index (χ1v) is 8.02. The average molecular weight is 283 g/mol. The highest BCUT2D eigenvalue weighted by Gasteiger charge is 2.27. The first-order valence-electron chi connectivity index (χ1n) is 8.02. The maximum absolute atomic E-state index is 12.2. The lowest BCUT2D eigenvalue weighted by Crippen LogP contribution is -2.34. The molecule has 3 heterocycles. The molecule has 110 valence electrons. The van der Waals surface area contributed by atoms with Crippen LogP contribution >= 0.6 is 0 Å². The van der Waals surface area contributed by atoms with Gasteiger partial charge in [-0.15, -0.1) is 0 Å². The summed E-state index contributed by atoms with van der Waals surface area (Å²) in [5.41, 5.74) is 5.52. The largest absolute Gasteiger partial charge is 0.422 e. The zero-order chi connectivity index (χ0) is 14.6. The maximum Gasteiger partial charge on any atom is 0.339 e. The quantitative estimate of drug-likeness (QED) is 0.750. The zero-order valence-corrected chi connectivity index (χ0v) is 12.7. The average Bonchev–Trinajstić information content (AvgIpc) is 2.48. The van der Waals surface area contributed by atoms with E-state index in [1.54, 1.807) is 0 Å². The fourth-order valence-corrected chi connectivity index (χ4v) is 3.86. The van der Waals surface area contributed by atoms with E-state index in [0.717, 1.165) is 48.9 Å². The minimum Gasteiger partial charge on any atom is -0.422 e. The smallest absolute Gasteiger partial charge is 0.339 e. The van der Waals surface area contributed by atoms with Crippen molar-refractivity contribution in [2.24, 2.45) is 0 Å². The van der Waals surface area contributed by atoms with Crippen LogP contribution in [0.15, 0.2) is 21.3 Å². The van der Waals surface area contributed by atoms with Gasteiger partial charge in [0.1, 0.15) is 5.58 Å². The summed E-state index contributed by atoms with van der Waals surface area (Å²) < 4.78 is 5.74. The Morgan fingerprint density at radius 3 is 2.67 bits per heavy atom. The van der Waals surface area contributed by atoms with Crippen molar-refractivity contribution in [2.45, 2.75) is 45.4 Å². The second-order valence-corrected chi connectivity index (χ2v) is 6.62. The molecule has 21 heavy (non-hydrogen) atoms. The number of aryl methyl sites for hydroxylation is 2. The molecule has 0 N–H and O–H groups in total. The highest BCUT2D eigenvalue weighted by Crippen LogP contribution is 2.39. The second kappa shape index (κ2) is 4.62. The molecule has 2 aromatic rings. The molecular weight excluding hydrogens is 262 g/mol. The van der Waals surface area contributed by atoms with Gasteiger partial charge in [0.2, 0.25) is 0 Å². The van der Waals surface area contributed by atoms with Crippen LogP contribution in [0.2, 0.25) is 0 Å². The highest BCUT2D eigenvalue weighted by atomic mass is 16.4. The predicted molar refractivity (Wildman–Crippen MR) is 85.4 cm³/mol. The van der Waals surface area contributed by atoms with E-state index in [1.807, 2.05) is 13.8 Å². The van der Waals surface area contributed by atoms with E-state index in [9.17, 15) is 4.79 Å². The van der Waals surface area contributed by atoms with Crippen molar-refractivity contribution in [2.75, 3.05) is 18.0 Å². The number of nitrogens with zero attached hydrogens (tertiary/aromatic N) is 1. The van der Waals surface area contributed by atoms with Crippen LogP contribution in [0.1, 0.15) is 49.3 Å². The van der Waals surface area contributed by atoms with Gasteiger partial charge >= 0.3 is 5.63 Å². The molecule has 0 unspecified atom stereocenters. The molecule has 1 aromatic carbocycles. The van der Waals surface area contributed by atoms with Crippen LogP contribution in [0.5, 0.6) is 0 Å². The second-order valence-electron chi connectivity index (χ2n) is 6.62. The van der Waals surface area contributed by atoms with Gasteiger partial charge < -0.3 is 9.32 Å². The molecule has 0 amide bonds. The van der Waals surface area contributed by atoms with Gasteiger partial charge in [0.25, 0.3) is 0 Å². The number of rotatable bonds is 1. The summed E-state index contributed by atoms with van der Waals surface area (Å²) in [5.74, 6) is 0.203. The van der Waals surface area contributed by atoms with Crippen molar-refractivity contribution < 1.29 is 4.42 Å². The Kier molecular flexibility index (Phi) is 2.84. The van der Waals surface area contributed by atoms with Gasteiger partial charge in [-0.2, -0.15) is 0 Å². The van der Waals surface area contributed by atoms with Gasteiger partial charge in [-0.3, -0.25) is 0 Å². The predicted octanol–water partition coefficient (Wildman–Crippen LogP) is 3.62. The molecule has 0 aliphatic carbocycles. The molecular formula is C18H21NO2. The molecule has 0 bridgehead atoms. The van der Waals surface area contributed by atoms with Crippen LogP contribution < -0.4 is 10.5 Å². The Labute approximate surface area is 124 Å². The highest BCUT2D eigenvalue weighted by molar-refractivity contribution is 5.88.